The number of aromatic nitrogens is 1. The summed E-state index contributed by atoms with van der Waals surface area (Å²) in [6, 6.07) is 20.4. The Bertz CT molecular complexity index is 995. The Morgan fingerprint density at radius 3 is 2.29 bits per heavy atom. The topological polar surface area (TPSA) is 70.5 Å². The van der Waals surface area contributed by atoms with Gasteiger partial charge in [-0.15, -0.1) is 12.4 Å². The lowest BCUT2D eigenvalue weighted by Gasteiger charge is -2.27. The molecule has 0 saturated heterocycles. The average Bonchev–Trinajstić information content (AvgIpc) is 2.91. The number of halogens is 1. The third-order valence-electron chi connectivity index (χ3n) is 5.00. The maximum absolute atomic E-state index is 13.7. The standard InChI is InChI=1S/C22H18N2O3.ClH/c25-20(26)15-22(14-16-10-12-23-13-11-16)18-8-4-5-9-19(18)24(21(22)27)17-6-2-1-3-7-17;/h1-13H,14-15H2,(H,25,26);1H. The molecule has 1 N–H and O–H groups in total. The van der Waals surface area contributed by atoms with Crippen LogP contribution in [0.2, 0.25) is 0 Å². The maximum atomic E-state index is 13.7. The van der Waals surface area contributed by atoms with Gasteiger partial charge < -0.3 is 5.11 Å². The average molecular weight is 395 g/mol. The molecule has 142 valence electrons. The van der Waals surface area contributed by atoms with E-state index in [1.807, 2.05) is 66.7 Å². The summed E-state index contributed by atoms with van der Waals surface area (Å²) in [6.45, 7) is 0. The van der Waals surface area contributed by atoms with Crippen LogP contribution in [0.5, 0.6) is 0 Å². The molecule has 2 aromatic carbocycles. The molecule has 0 spiro atoms. The van der Waals surface area contributed by atoms with Crippen LogP contribution < -0.4 is 4.90 Å². The largest absolute Gasteiger partial charge is 0.481 e. The summed E-state index contributed by atoms with van der Waals surface area (Å²) in [5.74, 6) is -1.21. The molecule has 1 aliphatic rings. The van der Waals surface area contributed by atoms with E-state index in [9.17, 15) is 14.7 Å². The van der Waals surface area contributed by atoms with Crippen LogP contribution in [0.1, 0.15) is 17.5 Å². The number of aliphatic carboxylic acids is 1. The van der Waals surface area contributed by atoms with Crippen LogP contribution >= 0.6 is 12.4 Å². The van der Waals surface area contributed by atoms with Crippen molar-refractivity contribution in [3.05, 3.63) is 90.3 Å². The van der Waals surface area contributed by atoms with E-state index in [0.29, 0.717) is 6.42 Å². The van der Waals surface area contributed by atoms with Gasteiger partial charge in [-0.05, 0) is 47.9 Å². The van der Waals surface area contributed by atoms with Gasteiger partial charge in [-0.3, -0.25) is 19.5 Å². The minimum Gasteiger partial charge on any atom is -0.481 e. The van der Waals surface area contributed by atoms with Gasteiger partial charge in [-0.1, -0.05) is 36.4 Å². The smallest absolute Gasteiger partial charge is 0.304 e. The van der Waals surface area contributed by atoms with Gasteiger partial charge in [-0.2, -0.15) is 0 Å². The van der Waals surface area contributed by atoms with Crippen molar-refractivity contribution in [2.45, 2.75) is 18.3 Å². The van der Waals surface area contributed by atoms with Crippen LogP contribution in [0.4, 0.5) is 11.4 Å². The number of carboxylic acids is 1. The maximum Gasteiger partial charge on any atom is 0.304 e. The van der Waals surface area contributed by atoms with Gasteiger partial charge in [0, 0.05) is 18.1 Å². The Morgan fingerprint density at radius 1 is 0.964 bits per heavy atom. The van der Waals surface area contributed by atoms with Gasteiger partial charge >= 0.3 is 5.97 Å². The van der Waals surface area contributed by atoms with Crippen molar-refractivity contribution in [3.8, 4) is 0 Å². The predicted molar refractivity (Wildman–Crippen MR) is 109 cm³/mol. The highest BCUT2D eigenvalue weighted by Crippen LogP contribution is 2.48. The van der Waals surface area contributed by atoms with Gasteiger partial charge in [0.25, 0.3) is 0 Å². The second kappa shape index (κ2) is 7.82. The van der Waals surface area contributed by atoms with E-state index in [4.69, 9.17) is 0 Å². The molecule has 4 rings (SSSR count). The molecular formula is C22H19ClN2O3. The Kier molecular flexibility index (Phi) is 5.47. The number of amides is 1. The number of nitrogens with zero attached hydrogens (tertiary/aromatic N) is 2. The highest BCUT2D eigenvalue weighted by atomic mass is 35.5. The molecule has 1 amide bonds. The summed E-state index contributed by atoms with van der Waals surface area (Å²) in [6.07, 6.45) is 3.35. The van der Waals surface area contributed by atoms with Crippen LogP contribution in [0.25, 0.3) is 0 Å². The third-order valence-corrected chi connectivity index (χ3v) is 5.00. The minimum absolute atomic E-state index is 0. The van der Waals surface area contributed by atoms with Crippen molar-refractivity contribution < 1.29 is 14.7 Å². The molecule has 0 bridgehead atoms. The fourth-order valence-electron chi connectivity index (χ4n) is 3.86. The number of rotatable bonds is 5. The second-order valence-electron chi connectivity index (χ2n) is 6.68. The molecule has 0 fully saturated rings. The minimum atomic E-state index is -1.15. The lowest BCUT2D eigenvalue weighted by Crippen LogP contribution is -2.42. The number of pyridine rings is 1. The molecular weight excluding hydrogens is 376 g/mol. The van der Waals surface area contributed by atoms with Crippen molar-refractivity contribution in [1.29, 1.82) is 0 Å². The third kappa shape index (κ3) is 3.25. The highest BCUT2D eigenvalue weighted by molar-refractivity contribution is 6.14. The van der Waals surface area contributed by atoms with Gasteiger partial charge in [0.1, 0.15) is 0 Å². The van der Waals surface area contributed by atoms with Gasteiger partial charge in [0.15, 0.2) is 0 Å². The number of hydrogen-bond acceptors (Lipinski definition) is 3. The summed E-state index contributed by atoms with van der Waals surface area (Å²) in [5, 5.41) is 9.63. The summed E-state index contributed by atoms with van der Waals surface area (Å²) in [5.41, 5.74) is 1.95. The molecule has 0 saturated carbocycles. The Morgan fingerprint density at radius 2 is 1.61 bits per heavy atom. The zero-order valence-electron chi connectivity index (χ0n) is 15.0. The van der Waals surface area contributed by atoms with Crippen LogP contribution in [-0.4, -0.2) is 22.0 Å². The zero-order chi connectivity index (χ0) is 18.9. The van der Waals surface area contributed by atoms with Crippen molar-refractivity contribution >= 4 is 35.7 Å². The molecule has 28 heavy (non-hydrogen) atoms. The van der Waals surface area contributed by atoms with E-state index in [0.717, 1.165) is 22.5 Å². The van der Waals surface area contributed by atoms with Gasteiger partial charge in [-0.25, -0.2) is 0 Å². The quantitative estimate of drug-likeness (QED) is 0.706. The number of carbonyl (C=O) groups excluding carboxylic acids is 1. The predicted octanol–water partition coefficient (Wildman–Crippen LogP) is 4.14. The van der Waals surface area contributed by atoms with Gasteiger partial charge in [0.05, 0.1) is 17.5 Å². The van der Waals surface area contributed by atoms with E-state index >= 15 is 0 Å². The number of hydrogen-bond donors (Lipinski definition) is 1. The molecule has 2 heterocycles. The van der Waals surface area contributed by atoms with E-state index in [2.05, 4.69) is 4.98 Å². The molecule has 1 unspecified atom stereocenters. The number of carboxylic acid groups (broad SMARTS) is 1. The van der Waals surface area contributed by atoms with Crippen LogP contribution in [-0.2, 0) is 21.4 Å². The normalized spacial score (nSPS) is 17.7. The van der Waals surface area contributed by atoms with Crippen LogP contribution in [0, 0.1) is 0 Å². The first kappa shape index (κ1) is 19.6. The van der Waals surface area contributed by atoms with Gasteiger partial charge in [0.2, 0.25) is 5.91 Å². The number of carbonyl (C=O) groups is 2. The first-order valence-corrected chi connectivity index (χ1v) is 8.72. The van der Waals surface area contributed by atoms with Crippen molar-refractivity contribution in [3.63, 3.8) is 0 Å². The Balaban J connectivity index is 0.00000225. The van der Waals surface area contributed by atoms with Crippen molar-refractivity contribution in [1.82, 2.24) is 4.98 Å². The van der Waals surface area contributed by atoms with E-state index in [1.54, 1.807) is 17.3 Å². The molecule has 1 aliphatic heterocycles. The molecule has 1 aromatic heterocycles. The summed E-state index contributed by atoms with van der Waals surface area (Å²) in [4.78, 5) is 31.1. The highest BCUT2D eigenvalue weighted by Gasteiger charge is 2.52. The van der Waals surface area contributed by atoms with Crippen LogP contribution in [0.3, 0.4) is 0 Å². The first-order valence-electron chi connectivity index (χ1n) is 8.72. The molecule has 1 atom stereocenters. The molecule has 3 aromatic rings. The molecule has 0 radical (unpaired) electrons. The van der Waals surface area contributed by atoms with E-state index < -0.39 is 11.4 Å². The monoisotopic (exact) mass is 394 g/mol. The van der Waals surface area contributed by atoms with E-state index in [-0.39, 0.29) is 24.7 Å². The Hall–Kier alpha value is -3.18. The number of fused-ring (bicyclic) bond motifs is 1. The Labute approximate surface area is 169 Å². The molecule has 5 nitrogen and oxygen atoms in total. The number of para-hydroxylation sites is 2. The molecule has 6 heteroatoms. The fraction of sp³-hybridized carbons (Fsp3) is 0.136. The number of anilines is 2. The first-order chi connectivity index (χ1) is 13.1. The second-order valence-corrected chi connectivity index (χ2v) is 6.68. The SMILES string of the molecule is Cl.O=C(O)CC1(Cc2ccncc2)C(=O)N(c2ccccc2)c2ccccc21. The summed E-state index contributed by atoms with van der Waals surface area (Å²) >= 11 is 0. The summed E-state index contributed by atoms with van der Waals surface area (Å²) < 4.78 is 0. The zero-order valence-corrected chi connectivity index (χ0v) is 15.8. The van der Waals surface area contributed by atoms with Crippen LogP contribution in [0.15, 0.2) is 79.1 Å². The summed E-state index contributed by atoms with van der Waals surface area (Å²) in [7, 11) is 0. The van der Waals surface area contributed by atoms with Crippen molar-refractivity contribution in [2.24, 2.45) is 0 Å². The van der Waals surface area contributed by atoms with Crippen molar-refractivity contribution in [2.75, 3.05) is 4.90 Å². The lowest BCUT2D eigenvalue weighted by atomic mass is 9.74. The molecule has 0 aliphatic carbocycles. The van der Waals surface area contributed by atoms with E-state index in [1.165, 1.54) is 0 Å². The number of benzene rings is 2. The lowest BCUT2D eigenvalue weighted by molar-refractivity contribution is -0.141. The fourth-order valence-corrected chi connectivity index (χ4v) is 3.86.